The molecular formula is C11H10F2N2O5. The molecule has 0 atom stereocenters. The maximum absolute atomic E-state index is 13.2. The van der Waals surface area contributed by atoms with E-state index in [-0.39, 0.29) is 0 Å². The van der Waals surface area contributed by atoms with Crippen LogP contribution in [0.25, 0.3) is 0 Å². The predicted octanol–water partition coefficient (Wildman–Crippen LogP) is 0.714. The number of ether oxygens (including phenoxy) is 1. The van der Waals surface area contributed by atoms with Crippen LogP contribution in [0.2, 0.25) is 0 Å². The number of hydrogen-bond acceptors (Lipinski definition) is 4. The van der Waals surface area contributed by atoms with Gasteiger partial charge in [-0.25, -0.2) is 18.4 Å². The third-order valence-corrected chi connectivity index (χ3v) is 1.91. The Bertz CT molecular complexity index is 536. The number of anilines is 1. The third-order valence-electron chi connectivity index (χ3n) is 1.91. The first-order valence-electron chi connectivity index (χ1n) is 5.24. The number of halogens is 2. The number of benzene rings is 1. The summed E-state index contributed by atoms with van der Waals surface area (Å²) in [5.41, 5.74) is -0.443. The van der Waals surface area contributed by atoms with Gasteiger partial charge in [-0.3, -0.25) is 10.1 Å². The number of imide groups is 1. The number of nitrogens with one attached hydrogen (secondary N) is 2. The molecule has 1 rings (SSSR count). The molecule has 0 aliphatic carbocycles. The molecule has 7 nitrogen and oxygen atoms in total. The van der Waals surface area contributed by atoms with Crippen LogP contribution in [0.15, 0.2) is 18.2 Å². The van der Waals surface area contributed by atoms with Gasteiger partial charge in [0.1, 0.15) is 13.2 Å². The maximum atomic E-state index is 13.2. The molecule has 3 amide bonds. The number of carboxylic acids is 1. The Balaban J connectivity index is 2.45. The van der Waals surface area contributed by atoms with E-state index in [2.05, 4.69) is 4.74 Å². The second-order valence-corrected chi connectivity index (χ2v) is 3.49. The molecule has 1 aromatic carbocycles. The second kappa shape index (κ2) is 7.14. The molecule has 0 heterocycles. The summed E-state index contributed by atoms with van der Waals surface area (Å²) in [6, 6.07) is 2.04. The van der Waals surface area contributed by atoms with Crippen molar-refractivity contribution < 1.29 is 33.0 Å². The lowest BCUT2D eigenvalue weighted by molar-refractivity contribution is -0.143. The molecule has 0 saturated heterocycles. The number of amides is 3. The average Bonchev–Trinajstić information content (AvgIpc) is 2.34. The molecule has 0 saturated carbocycles. The summed E-state index contributed by atoms with van der Waals surface area (Å²) in [6.45, 7) is -1.36. The van der Waals surface area contributed by atoms with E-state index in [1.54, 1.807) is 5.32 Å². The van der Waals surface area contributed by atoms with Crippen LogP contribution in [0.1, 0.15) is 0 Å². The number of carboxylic acid groups (broad SMARTS) is 1. The number of carbonyl (C=O) groups is 3. The highest BCUT2D eigenvalue weighted by molar-refractivity contribution is 6.01. The van der Waals surface area contributed by atoms with Crippen molar-refractivity contribution in [3.8, 4) is 0 Å². The van der Waals surface area contributed by atoms with Crippen LogP contribution in [0.3, 0.4) is 0 Å². The summed E-state index contributed by atoms with van der Waals surface area (Å²) in [5.74, 6) is -4.62. The molecule has 3 N–H and O–H groups in total. The van der Waals surface area contributed by atoms with Crippen molar-refractivity contribution in [1.29, 1.82) is 0 Å². The van der Waals surface area contributed by atoms with Gasteiger partial charge in [0.05, 0.1) is 5.69 Å². The zero-order chi connectivity index (χ0) is 15.1. The maximum Gasteiger partial charge on any atom is 0.329 e. The van der Waals surface area contributed by atoms with Crippen LogP contribution in [-0.4, -0.2) is 36.2 Å². The van der Waals surface area contributed by atoms with E-state index >= 15 is 0 Å². The van der Waals surface area contributed by atoms with Gasteiger partial charge in [-0.2, -0.15) is 0 Å². The van der Waals surface area contributed by atoms with Crippen molar-refractivity contribution in [3.05, 3.63) is 29.8 Å². The lowest BCUT2D eigenvalue weighted by Crippen LogP contribution is -2.37. The van der Waals surface area contributed by atoms with Crippen LogP contribution in [0, 0.1) is 11.6 Å². The van der Waals surface area contributed by atoms with Gasteiger partial charge < -0.3 is 15.2 Å². The number of urea groups is 1. The Hall–Kier alpha value is -2.55. The van der Waals surface area contributed by atoms with Crippen LogP contribution in [-0.2, 0) is 14.3 Å². The average molecular weight is 288 g/mol. The molecular weight excluding hydrogens is 278 g/mol. The minimum atomic E-state index is -1.27. The van der Waals surface area contributed by atoms with Crippen LogP contribution < -0.4 is 10.6 Å². The topological polar surface area (TPSA) is 105 Å². The van der Waals surface area contributed by atoms with Gasteiger partial charge in [0.15, 0.2) is 11.6 Å². The molecule has 0 radical (unpaired) electrons. The SMILES string of the molecule is O=C(O)COCC(=O)NC(=O)Nc1cccc(F)c1F. The Kier molecular flexibility index (Phi) is 5.54. The van der Waals surface area contributed by atoms with Crippen molar-refractivity contribution in [2.45, 2.75) is 0 Å². The summed E-state index contributed by atoms with van der Waals surface area (Å²) < 4.78 is 30.5. The smallest absolute Gasteiger partial charge is 0.329 e. The fourth-order valence-corrected chi connectivity index (χ4v) is 1.15. The lowest BCUT2D eigenvalue weighted by Gasteiger charge is -2.07. The van der Waals surface area contributed by atoms with Gasteiger partial charge in [0.2, 0.25) is 0 Å². The normalized spacial score (nSPS) is 9.90. The van der Waals surface area contributed by atoms with E-state index in [4.69, 9.17) is 5.11 Å². The molecule has 0 aliphatic heterocycles. The molecule has 0 aliphatic rings. The summed E-state index contributed by atoms with van der Waals surface area (Å²) in [4.78, 5) is 32.5. The monoisotopic (exact) mass is 288 g/mol. The number of carbonyl (C=O) groups excluding carboxylic acids is 2. The minimum absolute atomic E-state index is 0.443. The molecule has 0 unspecified atom stereocenters. The highest BCUT2D eigenvalue weighted by Crippen LogP contribution is 2.16. The quantitative estimate of drug-likeness (QED) is 0.740. The largest absolute Gasteiger partial charge is 0.480 e. The molecule has 108 valence electrons. The van der Waals surface area contributed by atoms with Crippen LogP contribution in [0.4, 0.5) is 19.3 Å². The summed E-state index contributed by atoms with van der Waals surface area (Å²) in [5, 5.41) is 11.9. The second-order valence-electron chi connectivity index (χ2n) is 3.49. The molecule has 9 heteroatoms. The van der Waals surface area contributed by atoms with Crippen LogP contribution >= 0.6 is 0 Å². The molecule has 20 heavy (non-hydrogen) atoms. The van der Waals surface area contributed by atoms with Crippen molar-refractivity contribution in [2.75, 3.05) is 18.5 Å². The highest BCUT2D eigenvalue weighted by Gasteiger charge is 2.13. The van der Waals surface area contributed by atoms with Gasteiger partial charge in [-0.15, -0.1) is 0 Å². The highest BCUT2D eigenvalue weighted by atomic mass is 19.2. The van der Waals surface area contributed by atoms with E-state index in [0.717, 1.165) is 12.1 Å². The Labute approximate surface area is 111 Å². The van der Waals surface area contributed by atoms with Gasteiger partial charge >= 0.3 is 12.0 Å². The summed E-state index contributed by atoms with van der Waals surface area (Å²) in [6.07, 6.45) is 0. The third kappa shape index (κ3) is 4.98. The lowest BCUT2D eigenvalue weighted by atomic mass is 10.3. The zero-order valence-corrected chi connectivity index (χ0v) is 9.98. The van der Waals surface area contributed by atoms with Crippen LogP contribution in [0.5, 0.6) is 0 Å². The Morgan fingerprint density at radius 3 is 2.55 bits per heavy atom. The molecule has 0 spiro atoms. The Morgan fingerprint density at radius 1 is 1.20 bits per heavy atom. The summed E-state index contributed by atoms with van der Waals surface area (Å²) >= 11 is 0. The van der Waals surface area contributed by atoms with E-state index in [1.165, 1.54) is 6.07 Å². The predicted molar refractivity (Wildman–Crippen MR) is 62.0 cm³/mol. The number of aliphatic carboxylic acids is 1. The van der Waals surface area contributed by atoms with Gasteiger partial charge in [-0.05, 0) is 12.1 Å². The van der Waals surface area contributed by atoms with Gasteiger partial charge in [0.25, 0.3) is 5.91 Å². The molecule has 0 fully saturated rings. The molecule has 0 bridgehead atoms. The van der Waals surface area contributed by atoms with Gasteiger partial charge in [-0.1, -0.05) is 6.07 Å². The fraction of sp³-hybridized carbons (Fsp3) is 0.182. The fourth-order valence-electron chi connectivity index (χ4n) is 1.15. The first-order chi connectivity index (χ1) is 9.40. The summed E-state index contributed by atoms with van der Waals surface area (Å²) in [7, 11) is 0. The van der Waals surface area contributed by atoms with Crippen molar-refractivity contribution in [2.24, 2.45) is 0 Å². The van der Waals surface area contributed by atoms with E-state index in [1.807, 2.05) is 5.32 Å². The Morgan fingerprint density at radius 2 is 1.90 bits per heavy atom. The first-order valence-corrected chi connectivity index (χ1v) is 5.24. The number of hydrogen-bond donors (Lipinski definition) is 3. The van der Waals surface area contributed by atoms with Crippen molar-refractivity contribution in [1.82, 2.24) is 5.32 Å². The first kappa shape index (κ1) is 15.5. The van der Waals surface area contributed by atoms with E-state index < -0.39 is 48.4 Å². The van der Waals surface area contributed by atoms with Crippen molar-refractivity contribution in [3.63, 3.8) is 0 Å². The molecule has 0 aromatic heterocycles. The standard InChI is InChI=1S/C11H10F2N2O5/c12-6-2-1-3-7(10(6)13)14-11(19)15-8(16)4-20-5-9(17)18/h1-3H,4-5H2,(H,17,18)(H2,14,15,16,19). The molecule has 1 aromatic rings. The van der Waals surface area contributed by atoms with E-state index in [9.17, 15) is 23.2 Å². The zero-order valence-electron chi connectivity index (χ0n) is 9.98. The van der Waals surface area contributed by atoms with Crippen molar-refractivity contribution >= 4 is 23.6 Å². The van der Waals surface area contributed by atoms with E-state index in [0.29, 0.717) is 0 Å². The minimum Gasteiger partial charge on any atom is -0.480 e. The van der Waals surface area contributed by atoms with Gasteiger partial charge in [0, 0.05) is 0 Å². The number of rotatable bonds is 5.